The van der Waals surface area contributed by atoms with Crippen molar-refractivity contribution in [1.82, 2.24) is 0 Å². The van der Waals surface area contributed by atoms with E-state index in [0.717, 1.165) is 146 Å². The minimum atomic E-state index is -2.16. The van der Waals surface area contributed by atoms with Gasteiger partial charge in [-0.05, 0) is 185 Å². The predicted molar refractivity (Wildman–Crippen MR) is 441 cm³/mol. The molecule has 2 aliphatic rings. The summed E-state index contributed by atoms with van der Waals surface area (Å²) in [5.74, 6) is 2.82. The highest BCUT2D eigenvalue weighted by Crippen LogP contribution is 2.49. The van der Waals surface area contributed by atoms with E-state index in [0.29, 0.717) is 0 Å². The van der Waals surface area contributed by atoms with Crippen LogP contribution in [0.1, 0.15) is 5.56 Å². The van der Waals surface area contributed by atoms with Crippen molar-refractivity contribution in [2.24, 2.45) is 0 Å². The number of para-hydroxylation sites is 8. The van der Waals surface area contributed by atoms with Gasteiger partial charge in [-0.25, -0.2) is 0 Å². The summed E-state index contributed by atoms with van der Waals surface area (Å²) < 4.78 is 32.6. The second-order valence-corrected chi connectivity index (χ2v) is 37.0. The Morgan fingerprint density at radius 1 is 0.267 bits per heavy atom. The Bertz CT molecular complexity index is 6360. The molecule has 0 saturated carbocycles. The number of rotatable bonds is 13. The molecule has 0 spiro atoms. The molecule has 11 heteroatoms. The number of methoxy groups -OCH3 is 1. The Balaban J connectivity index is 0.000000148. The molecule has 0 saturated heterocycles. The molecule has 9 nitrogen and oxygen atoms in total. The largest absolute Gasteiger partial charge is 0.497 e. The summed E-state index contributed by atoms with van der Waals surface area (Å²) in [6, 6.07) is 116. The van der Waals surface area contributed by atoms with Gasteiger partial charge in [-0.15, -0.1) is 0 Å². The fourth-order valence-corrected chi connectivity index (χ4v) is 23.0. The SMILES string of the molecule is COc1ccc(N(c2ccccc2)c2ccc3c(c2)-c2oc4cc(N(c5ccccc5)c5ccc(C)cc5)ccc4c2[Si]3(C)C)cc1.C[Si]1(C)c2ccc(N(c3ccccc3)c3cccc4c3oc3ccccc34)cc2-c2oc3cc(N(c4ccccc4)c4cccc5c4oc4ccccc45)ccc3c21. The molecule has 4 aromatic heterocycles. The normalized spacial score (nSPS) is 13.0. The molecular weight excluding hydrogens is 1320 g/mol. The zero-order valence-electron chi connectivity index (χ0n) is 59.0. The summed E-state index contributed by atoms with van der Waals surface area (Å²) in [6.45, 7) is 11.9. The zero-order chi connectivity index (χ0) is 70.7. The van der Waals surface area contributed by atoms with Crippen LogP contribution in [0.3, 0.4) is 0 Å². The van der Waals surface area contributed by atoms with Gasteiger partial charge in [0, 0.05) is 107 Å². The lowest BCUT2D eigenvalue weighted by Crippen LogP contribution is -2.49. The van der Waals surface area contributed by atoms with Crippen LogP contribution in [0.4, 0.5) is 68.2 Å². The number of benzene rings is 14. The third-order valence-electron chi connectivity index (χ3n) is 21.4. The van der Waals surface area contributed by atoms with Gasteiger partial charge < -0.3 is 42.0 Å². The molecular formula is C94H72N4O5Si2. The van der Waals surface area contributed by atoms with Crippen molar-refractivity contribution >= 4 is 171 Å². The monoisotopic (exact) mass is 1390 g/mol. The molecule has 14 aromatic carbocycles. The van der Waals surface area contributed by atoms with Gasteiger partial charge in [0.1, 0.15) is 55.7 Å². The molecule has 105 heavy (non-hydrogen) atoms. The lowest BCUT2D eigenvalue weighted by atomic mass is 10.1. The molecule has 0 atom stereocenters. The predicted octanol–water partition coefficient (Wildman–Crippen LogP) is 24.5. The molecule has 6 heterocycles. The maximum Gasteiger partial charge on any atom is 0.159 e. The summed E-state index contributed by atoms with van der Waals surface area (Å²) in [4.78, 5) is 9.19. The van der Waals surface area contributed by atoms with E-state index in [4.69, 9.17) is 22.4 Å². The van der Waals surface area contributed by atoms with Crippen molar-refractivity contribution < 1.29 is 22.4 Å². The van der Waals surface area contributed by atoms with Crippen molar-refractivity contribution in [3.63, 3.8) is 0 Å². The van der Waals surface area contributed by atoms with Gasteiger partial charge in [0.15, 0.2) is 11.2 Å². The zero-order valence-corrected chi connectivity index (χ0v) is 61.0. The van der Waals surface area contributed by atoms with Crippen molar-refractivity contribution in [3.8, 4) is 28.4 Å². The minimum absolute atomic E-state index is 0.836. The van der Waals surface area contributed by atoms with Crippen LogP contribution in [0.15, 0.2) is 345 Å². The van der Waals surface area contributed by atoms with Gasteiger partial charge in [-0.3, -0.25) is 0 Å². The Hall–Kier alpha value is -12.8. The van der Waals surface area contributed by atoms with Crippen LogP contribution < -0.4 is 45.1 Å². The van der Waals surface area contributed by atoms with Crippen LogP contribution in [-0.2, 0) is 0 Å². The Morgan fingerprint density at radius 2 is 0.600 bits per heavy atom. The van der Waals surface area contributed by atoms with Crippen molar-refractivity contribution in [3.05, 3.63) is 333 Å². The first-order chi connectivity index (χ1) is 51.4. The first-order valence-electron chi connectivity index (χ1n) is 35.8. The highest BCUT2D eigenvalue weighted by atomic mass is 28.3. The molecule has 0 aliphatic carbocycles. The van der Waals surface area contributed by atoms with Crippen molar-refractivity contribution in [1.29, 1.82) is 0 Å². The lowest BCUT2D eigenvalue weighted by molar-refractivity contribution is 0.415. The molecule has 18 aromatic rings. The number of nitrogens with zero attached hydrogens (tertiary/aromatic N) is 4. The van der Waals surface area contributed by atoms with Crippen LogP contribution in [0.5, 0.6) is 5.75 Å². The van der Waals surface area contributed by atoms with Gasteiger partial charge >= 0.3 is 0 Å². The number of ether oxygens (including phenoxy) is 1. The number of anilines is 12. The van der Waals surface area contributed by atoms with Crippen LogP contribution in [0, 0.1) is 6.92 Å². The molecule has 506 valence electrons. The minimum Gasteiger partial charge on any atom is -0.497 e. The molecule has 0 fully saturated rings. The lowest BCUT2D eigenvalue weighted by Gasteiger charge is -2.27. The first kappa shape index (κ1) is 63.1. The molecule has 0 radical (unpaired) electrons. The van der Waals surface area contributed by atoms with E-state index in [1.165, 1.54) is 42.6 Å². The summed E-state index contributed by atoms with van der Waals surface area (Å²) in [7, 11) is -2.51. The van der Waals surface area contributed by atoms with E-state index < -0.39 is 16.1 Å². The molecule has 20 rings (SSSR count). The number of aryl methyl sites for hydroxylation is 1. The summed E-state index contributed by atoms with van der Waals surface area (Å²) in [5, 5.41) is 12.3. The van der Waals surface area contributed by atoms with Crippen molar-refractivity contribution in [2.75, 3.05) is 26.7 Å². The topological polar surface area (TPSA) is 74.8 Å². The number of furan rings is 4. The summed E-state index contributed by atoms with van der Waals surface area (Å²) in [5.41, 5.74) is 21.5. The van der Waals surface area contributed by atoms with Gasteiger partial charge in [-0.1, -0.05) is 189 Å². The van der Waals surface area contributed by atoms with Gasteiger partial charge in [0.2, 0.25) is 0 Å². The second-order valence-electron chi connectivity index (χ2n) is 28.4. The van der Waals surface area contributed by atoms with Gasteiger partial charge in [0.25, 0.3) is 0 Å². The summed E-state index contributed by atoms with van der Waals surface area (Å²) in [6.07, 6.45) is 0. The maximum absolute atomic E-state index is 7.07. The van der Waals surface area contributed by atoms with E-state index in [1.807, 2.05) is 36.4 Å². The molecule has 2 aliphatic heterocycles. The smallest absolute Gasteiger partial charge is 0.159 e. The number of hydrogen-bond donors (Lipinski definition) is 0. The van der Waals surface area contributed by atoms with E-state index in [1.54, 1.807) is 7.11 Å². The second kappa shape index (κ2) is 25.0. The van der Waals surface area contributed by atoms with Crippen LogP contribution in [-0.4, -0.2) is 23.3 Å². The Kier molecular flexibility index (Phi) is 15.0. The average Bonchev–Trinajstić information content (AvgIpc) is 1.55. The van der Waals surface area contributed by atoms with E-state index in [2.05, 4.69) is 344 Å². The molecule has 0 amide bonds. The fourth-order valence-electron chi connectivity index (χ4n) is 16.4. The molecule has 0 N–H and O–H groups in total. The fraction of sp³-hybridized carbons (Fsp3) is 0.0638. The highest BCUT2D eigenvalue weighted by molar-refractivity contribution is 7.05. The number of hydrogen-bond acceptors (Lipinski definition) is 9. The number of fused-ring (bicyclic) bond motifs is 16. The third-order valence-corrected chi connectivity index (χ3v) is 28.5. The van der Waals surface area contributed by atoms with Gasteiger partial charge in [-0.2, -0.15) is 0 Å². The molecule has 0 bridgehead atoms. The van der Waals surface area contributed by atoms with E-state index in [9.17, 15) is 0 Å². The Morgan fingerprint density at radius 3 is 1.03 bits per heavy atom. The first-order valence-corrected chi connectivity index (χ1v) is 41.8. The maximum atomic E-state index is 7.07. The van der Waals surface area contributed by atoms with E-state index in [-0.39, 0.29) is 0 Å². The molecule has 0 unspecified atom stereocenters. The summed E-state index contributed by atoms with van der Waals surface area (Å²) >= 11 is 0. The van der Waals surface area contributed by atoms with Gasteiger partial charge in [0.05, 0.1) is 24.2 Å². The van der Waals surface area contributed by atoms with Crippen molar-refractivity contribution in [2.45, 2.75) is 33.1 Å². The van der Waals surface area contributed by atoms with Crippen LogP contribution in [0.25, 0.3) is 88.5 Å². The van der Waals surface area contributed by atoms with Crippen LogP contribution in [0.2, 0.25) is 26.2 Å². The average molecular weight is 1390 g/mol. The Labute approximate surface area is 610 Å². The van der Waals surface area contributed by atoms with E-state index >= 15 is 0 Å². The quantitative estimate of drug-likeness (QED) is 0.105. The third kappa shape index (κ3) is 10.5. The highest BCUT2D eigenvalue weighted by Gasteiger charge is 2.44. The van der Waals surface area contributed by atoms with Crippen LogP contribution >= 0.6 is 0 Å². The standard InChI is InChI=1S/C52H36N2O3Si.C42H36N2O2Si/c1-58(2)48-30-28-35(53(33-15-5-3-6-16-33)43-23-13-21-39-37-19-9-11-25-45(37)55-49(39)43)31-42(48)51-52(58)41-29-27-36(32-47(41)57-51)54(34-17-7-4-8-18-34)44-24-14-22-40-38-20-10-12-26-46(38)56-50(40)44;1-29-15-17-32(18-16-29)44(31-13-9-6-10-14-31)35-21-25-37-39(28-35)46-41-38-27-34(22-26-40(38)47(3,4)42(37)41)43(30-11-7-5-8-12-30)33-19-23-36(45-2)24-20-33/h3-32H,1-2H3;5-28H,1-4H3.